The quantitative estimate of drug-likeness (QED) is 0.397. The molecule has 0 aliphatic carbocycles. The predicted molar refractivity (Wildman–Crippen MR) is 113 cm³/mol. The van der Waals surface area contributed by atoms with E-state index in [0.29, 0.717) is 29.2 Å². The van der Waals surface area contributed by atoms with Crippen LogP contribution in [-0.2, 0) is 19.6 Å². The van der Waals surface area contributed by atoms with Gasteiger partial charge in [-0.15, -0.1) is 0 Å². The molecule has 0 aliphatic rings. The van der Waals surface area contributed by atoms with Crippen LogP contribution >= 0.6 is 0 Å². The average Bonchev–Trinajstić information content (AvgIpc) is 3.01. The maximum Gasteiger partial charge on any atom is 0.307 e. The summed E-state index contributed by atoms with van der Waals surface area (Å²) in [5.74, 6) is -0.813. The number of Topliss-reactive ketones (excluding diaryl/α,β-unsaturated/α-hetero) is 2. The van der Waals surface area contributed by atoms with Gasteiger partial charge in [-0.2, -0.15) is 0 Å². The number of ether oxygens (including phenoxy) is 2. The predicted octanol–water partition coefficient (Wildman–Crippen LogP) is 2.33. The van der Waals surface area contributed by atoms with Gasteiger partial charge < -0.3 is 14.5 Å². The molecule has 2 N–H and O–H groups in total. The third-order valence-electron chi connectivity index (χ3n) is 4.50. The van der Waals surface area contributed by atoms with Crippen LogP contribution < -0.4 is 9.46 Å². The van der Waals surface area contributed by atoms with Crippen LogP contribution in [0.5, 0.6) is 5.75 Å². The molecule has 0 amide bonds. The fourth-order valence-corrected chi connectivity index (χ4v) is 4.13. The van der Waals surface area contributed by atoms with Crippen molar-refractivity contribution in [3.63, 3.8) is 0 Å². The summed E-state index contributed by atoms with van der Waals surface area (Å²) < 4.78 is 37.1. The van der Waals surface area contributed by atoms with Gasteiger partial charge in [-0.25, -0.2) is 13.1 Å². The van der Waals surface area contributed by atoms with E-state index in [-0.39, 0.29) is 29.3 Å². The van der Waals surface area contributed by atoms with Gasteiger partial charge >= 0.3 is 5.97 Å². The Hall–Kier alpha value is -2.98. The lowest BCUT2D eigenvalue weighted by Crippen LogP contribution is -2.27. The van der Waals surface area contributed by atoms with Gasteiger partial charge in [0.05, 0.1) is 23.6 Å². The maximum absolute atomic E-state index is 12.3. The molecule has 0 aliphatic heterocycles. The van der Waals surface area contributed by atoms with Crippen LogP contribution in [0.15, 0.2) is 29.2 Å². The molecule has 0 spiro atoms. The van der Waals surface area contributed by atoms with E-state index < -0.39 is 28.4 Å². The van der Waals surface area contributed by atoms with Gasteiger partial charge in [-0.05, 0) is 57.5 Å². The van der Waals surface area contributed by atoms with Gasteiger partial charge in [0.2, 0.25) is 15.8 Å². The molecule has 2 aromatic rings. The standard InChI is InChI=1S/C21H26N2O7S/c1-5-29-16-6-8-17(9-7-16)31(27,28)22-11-10-19(26)30-12-18(25)21-13(2)20(15(4)24)14(3)23-21/h6-9,22-23H,5,10-12H2,1-4H3. The Morgan fingerprint density at radius 1 is 1.10 bits per heavy atom. The first kappa shape index (κ1) is 24.3. The van der Waals surface area contributed by atoms with Gasteiger partial charge in [-0.1, -0.05) is 0 Å². The smallest absolute Gasteiger partial charge is 0.307 e. The number of aromatic amines is 1. The molecule has 0 unspecified atom stereocenters. The number of benzene rings is 1. The van der Waals surface area contributed by atoms with E-state index in [1.165, 1.54) is 19.1 Å². The number of H-pyrrole nitrogens is 1. The monoisotopic (exact) mass is 450 g/mol. The minimum atomic E-state index is -3.79. The van der Waals surface area contributed by atoms with E-state index in [1.807, 2.05) is 6.92 Å². The first-order valence-corrected chi connectivity index (χ1v) is 11.2. The molecule has 168 valence electrons. The van der Waals surface area contributed by atoms with Gasteiger partial charge in [-0.3, -0.25) is 14.4 Å². The number of carbonyl (C=O) groups excluding carboxylic acids is 3. The maximum atomic E-state index is 12.3. The molecule has 0 saturated carbocycles. The van der Waals surface area contributed by atoms with Crippen LogP contribution in [-0.4, -0.2) is 50.7 Å². The first-order chi connectivity index (χ1) is 14.6. The van der Waals surface area contributed by atoms with E-state index in [1.54, 1.807) is 26.0 Å². The lowest BCUT2D eigenvalue weighted by Gasteiger charge is -2.08. The van der Waals surface area contributed by atoms with Crippen LogP contribution in [0.2, 0.25) is 0 Å². The van der Waals surface area contributed by atoms with E-state index in [2.05, 4.69) is 9.71 Å². The zero-order valence-corrected chi connectivity index (χ0v) is 18.7. The van der Waals surface area contributed by atoms with Gasteiger partial charge in [0.25, 0.3) is 0 Å². The average molecular weight is 451 g/mol. The molecular weight excluding hydrogens is 424 g/mol. The van der Waals surface area contributed by atoms with E-state index in [0.717, 1.165) is 0 Å². The molecule has 10 heteroatoms. The van der Waals surface area contributed by atoms with E-state index in [9.17, 15) is 22.8 Å². The Morgan fingerprint density at radius 2 is 1.74 bits per heavy atom. The summed E-state index contributed by atoms with van der Waals surface area (Å²) in [6, 6.07) is 5.89. The molecule has 0 atom stereocenters. The van der Waals surface area contributed by atoms with Crippen LogP contribution in [0, 0.1) is 13.8 Å². The number of rotatable bonds is 11. The highest BCUT2D eigenvalue weighted by molar-refractivity contribution is 7.89. The summed E-state index contributed by atoms with van der Waals surface area (Å²) in [4.78, 5) is 38.7. The summed E-state index contributed by atoms with van der Waals surface area (Å²) in [6.45, 7) is 6.33. The number of aromatic nitrogens is 1. The third kappa shape index (κ3) is 6.25. The number of ketones is 2. The van der Waals surface area contributed by atoms with Gasteiger partial charge in [0.15, 0.2) is 12.4 Å². The fourth-order valence-electron chi connectivity index (χ4n) is 3.10. The zero-order chi connectivity index (χ0) is 23.2. The molecule has 1 aromatic heterocycles. The van der Waals surface area contributed by atoms with Crippen LogP contribution in [0.1, 0.15) is 52.4 Å². The number of hydrogen-bond acceptors (Lipinski definition) is 7. The Balaban J connectivity index is 1.85. The number of hydrogen-bond donors (Lipinski definition) is 2. The highest BCUT2D eigenvalue weighted by Crippen LogP contribution is 2.19. The number of sulfonamides is 1. The highest BCUT2D eigenvalue weighted by Gasteiger charge is 2.21. The lowest BCUT2D eigenvalue weighted by molar-refractivity contribution is -0.142. The van der Waals surface area contributed by atoms with Crippen molar-refractivity contribution in [3.8, 4) is 5.75 Å². The van der Waals surface area contributed by atoms with Gasteiger partial charge in [0.1, 0.15) is 5.75 Å². The topological polar surface area (TPSA) is 132 Å². The molecular formula is C21H26N2O7S. The second-order valence-electron chi connectivity index (χ2n) is 6.82. The number of esters is 1. The van der Waals surface area contributed by atoms with Crippen molar-refractivity contribution >= 4 is 27.6 Å². The van der Waals surface area contributed by atoms with Crippen molar-refractivity contribution in [1.82, 2.24) is 9.71 Å². The van der Waals surface area contributed by atoms with E-state index in [4.69, 9.17) is 9.47 Å². The Labute approximate surface area is 181 Å². The largest absolute Gasteiger partial charge is 0.494 e. The number of nitrogens with one attached hydrogen (secondary N) is 2. The van der Waals surface area contributed by atoms with Crippen LogP contribution in [0.25, 0.3) is 0 Å². The second kappa shape index (κ2) is 10.4. The zero-order valence-electron chi connectivity index (χ0n) is 17.9. The van der Waals surface area contributed by atoms with E-state index >= 15 is 0 Å². The summed E-state index contributed by atoms with van der Waals surface area (Å²) >= 11 is 0. The Kier molecular flexibility index (Phi) is 8.12. The summed E-state index contributed by atoms with van der Waals surface area (Å²) in [6.07, 6.45) is -0.245. The number of carbonyl (C=O) groups is 3. The second-order valence-corrected chi connectivity index (χ2v) is 8.58. The molecule has 1 aromatic carbocycles. The van der Waals surface area contributed by atoms with Crippen LogP contribution in [0.3, 0.4) is 0 Å². The van der Waals surface area contributed by atoms with Gasteiger partial charge in [0, 0.05) is 17.8 Å². The summed E-state index contributed by atoms with van der Waals surface area (Å²) in [5.41, 5.74) is 1.74. The Morgan fingerprint density at radius 3 is 2.29 bits per heavy atom. The highest BCUT2D eigenvalue weighted by atomic mass is 32.2. The SMILES string of the molecule is CCOc1ccc(S(=O)(=O)NCCC(=O)OCC(=O)c2[nH]c(C)c(C(C)=O)c2C)cc1. The molecule has 0 bridgehead atoms. The van der Waals surface area contributed by atoms with Crippen molar-refractivity contribution < 1.29 is 32.3 Å². The van der Waals surface area contributed by atoms with Crippen molar-refractivity contribution in [2.45, 2.75) is 39.0 Å². The molecule has 0 saturated heterocycles. The minimum Gasteiger partial charge on any atom is -0.494 e. The van der Waals surface area contributed by atoms with Crippen LogP contribution in [0.4, 0.5) is 0 Å². The summed E-state index contributed by atoms with van der Waals surface area (Å²) in [7, 11) is -3.79. The minimum absolute atomic E-state index is 0.0402. The molecule has 31 heavy (non-hydrogen) atoms. The van der Waals surface area contributed by atoms with Crippen molar-refractivity contribution in [2.24, 2.45) is 0 Å². The third-order valence-corrected chi connectivity index (χ3v) is 5.98. The molecule has 0 fully saturated rings. The molecule has 1 heterocycles. The van der Waals surface area contributed by atoms with Crippen molar-refractivity contribution in [3.05, 3.63) is 46.8 Å². The molecule has 9 nitrogen and oxygen atoms in total. The Bertz CT molecular complexity index is 1070. The fraction of sp³-hybridized carbons (Fsp3) is 0.381. The molecule has 0 radical (unpaired) electrons. The molecule has 2 rings (SSSR count). The normalized spacial score (nSPS) is 11.2. The van der Waals surface area contributed by atoms with Crippen molar-refractivity contribution in [2.75, 3.05) is 19.8 Å². The number of aryl methyl sites for hydroxylation is 1. The first-order valence-electron chi connectivity index (χ1n) is 9.68. The van der Waals surface area contributed by atoms with Crippen molar-refractivity contribution in [1.29, 1.82) is 0 Å². The lowest BCUT2D eigenvalue weighted by atomic mass is 10.1. The summed E-state index contributed by atoms with van der Waals surface area (Å²) in [5, 5.41) is 0.